The Labute approximate surface area is 106 Å². The van der Waals surface area contributed by atoms with Crippen molar-refractivity contribution in [2.45, 2.75) is 50.7 Å². The van der Waals surface area contributed by atoms with Crippen molar-refractivity contribution in [1.82, 2.24) is 14.9 Å². The first-order valence-electron chi connectivity index (χ1n) is 6.60. The summed E-state index contributed by atoms with van der Waals surface area (Å²) in [6.45, 7) is 2.39. The first kappa shape index (κ1) is 11.7. The predicted molar refractivity (Wildman–Crippen MR) is 66.2 cm³/mol. The summed E-state index contributed by atoms with van der Waals surface area (Å²) in [4.78, 5) is 16.0. The molecule has 1 aromatic heterocycles. The van der Waals surface area contributed by atoms with Crippen LogP contribution in [0.5, 0.6) is 0 Å². The Balaban J connectivity index is 1.87. The molecule has 2 aliphatic carbocycles. The third kappa shape index (κ3) is 2.03. The largest absolute Gasteiger partial charge is 0.480 e. The third-order valence-corrected chi connectivity index (χ3v) is 4.04. The van der Waals surface area contributed by atoms with Crippen molar-refractivity contribution < 1.29 is 9.90 Å². The molecule has 18 heavy (non-hydrogen) atoms. The fourth-order valence-electron chi connectivity index (χ4n) is 2.60. The molecule has 3 rings (SSSR count). The molecule has 2 fully saturated rings. The number of aryl methyl sites for hydroxylation is 1. The SMILES string of the molecule is Cc1nccn1CC(NC1CC1)(C(=O)O)C1CC1. The van der Waals surface area contributed by atoms with Gasteiger partial charge in [-0.05, 0) is 38.5 Å². The maximum Gasteiger partial charge on any atom is 0.326 e. The zero-order valence-electron chi connectivity index (χ0n) is 10.6. The second kappa shape index (κ2) is 4.09. The van der Waals surface area contributed by atoms with Gasteiger partial charge in [0.05, 0.1) is 6.54 Å². The number of carboxylic acid groups (broad SMARTS) is 1. The van der Waals surface area contributed by atoms with Crippen molar-refractivity contribution in [3.05, 3.63) is 18.2 Å². The summed E-state index contributed by atoms with van der Waals surface area (Å²) in [6.07, 6.45) is 7.82. The van der Waals surface area contributed by atoms with Gasteiger partial charge in [-0.2, -0.15) is 0 Å². The smallest absolute Gasteiger partial charge is 0.326 e. The van der Waals surface area contributed by atoms with Gasteiger partial charge in [0, 0.05) is 18.4 Å². The highest BCUT2D eigenvalue weighted by Crippen LogP contribution is 2.42. The number of nitrogens with zero attached hydrogens (tertiary/aromatic N) is 2. The quantitative estimate of drug-likeness (QED) is 0.794. The van der Waals surface area contributed by atoms with Gasteiger partial charge in [0.2, 0.25) is 0 Å². The highest BCUT2D eigenvalue weighted by molar-refractivity contribution is 5.80. The van der Waals surface area contributed by atoms with Crippen LogP contribution in [0, 0.1) is 12.8 Å². The van der Waals surface area contributed by atoms with E-state index in [9.17, 15) is 9.90 Å². The first-order chi connectivity index (χ1) is 8.62. The highest BCUT2D eigenvalue weighted by Gasteiger charge is 2.53. The molecule has 1 atom stereocenters. The van der Waals surface area contributed by atoms with Gasteiger partial charge in [0.1, 0.15) is 11.4 Å². The standard InChI is InChI=1S/C13H19N3O2/c1-9-14-6-7-16(9)8-13(12(17)18,10-2-3-10)15-11-4-5-11/h6-7,10-11,15H,2-5,8H2,1H3,(H,17,18). The molecule has 2 aliphatic rings. The number of carbonyl (C=O) groups is 1. The van der Waals surface area contributed by atoms with E-state index in [4.69, 9.17) is 0 Å². The zero-order valence-corrected chi connectivity index (χ0v) is 10.6. The van der Waals surface area contributed by atoms with Crippen molar-refractivity contribution in [3.8, 4) is 0 Å². The molecule has 98 valence electrons. The van der Waals surface area contributed by atoms with Crippen LogP contribution >= 0.6 is 0 Å². The van der Waals surface area contributed by atoms with E-state index in [1.165, 1.54) is 0 Å². The maximum absolute atomic E-state index is 11.8. The van der Waals surface area contributed by atoms with Crippen LogP contribution in [-0.2, 0) is 11.3 Å². The Morgan fingerprint density at radius 3 is 2.72 bits per heavy atom. The Kier molecular flexibility index (Phi) is 2.66. The minimum Gasteiger partial charge on any atom is -0.480 e. The van der Waals surface area contributed by atoms with Crippen LogP contribution in [0.3, 0.4) is 0 Å². The molecule has 1 unspecified atom stereocenters. The van der Waals surface area contributed by atoms with E-state index in [1.807, 2.05) is 17.7 Å². The predicted octanol–water partition coefficient (Wildman–Crippen LogP) is 1.18. The fourth-order valence-corrected chi connectivity index (χ4v) is 2.60. The molecular weight excluding hydrogens is 230 g/mol. The first-order valence-corrected chi connectivity index (χ1v) is 6.60. The van der Waals surface area contributed by atoms with Crippen LogP contribution in [0.2, 0.25) is 0 Å². The van der Waals surface area contributed by atoms with E-state index in [0.717, 1.165) is 31.5 Å². The number of rotatable bonds is 6. The zero-order chi connectivity index (χ0) is 12.8. The summed E-state index contributed by atoms with van der Waals surface area (Å²) in [7, 11) is 0. The number of aliphatic carboxylic acids is 1. The van der Waals surface area contributed by atoms with Crippen molar-refractivity contribution in [2.24, 2.45) is 5.92 Å². The summed E-state index contributed by atoms with van der Waals surface area (Å²) in [5.41, 5.74) is -0.799. The lowest BCUT2D eigenvalue weighted by Gasteiger charge is -2.31. The average molecular weight is 249 g/mol. The monoisotopic (exact) mass is 249 g/mol. The van der Waals surface area contributed by atoms with Crippen molar-refractivity contribution in [1.29, 1.82) is 0 Å². The van der Waals surface area contributed by atoms with Gasteiger partial charge in [0.15, 0.2) is 0 Å². The molecular formula is C13H19N3O2. The fraction of sp³-hybridized carbons (Fsp3) is 0.692. The number of carboxylic acids is 1. The van der Waals surface area contributed by atoms with Gasteiger partial charge in [-0.1, -0.05) is 0 Å². The molecule has 0 aliphatic heterocycles. The number of aromatic nitrogens is 2. The molecule has 0 amide bonds. The summed E-state index contributed by atoms with van der Waals surface area (Å²) in [6, 6.07) is 0.394. The molecule has 1 heterocycles. The Morgan fingerprint density at radius 1 is 1.56 bits per heavy atom. The van der Waals surface area contributed by atoms with E-state index in [1.54, 1.807) is 6.20 Å². The summed E-state index contributed by atoms with van der Waals surface area (Å²) in [5, 5.41) is 13.1. The van der Waals surface area contributed by atoms with Crippen LogP contribution in [0.25, 0.3) is 0 Å². The van der Waals surface area contributed by atoms with Gasteiger partial charge >= 0.3 is 5.97 Å². The van der Waals surface area contributed by atoms with Crippen molar-refractivity contribution >= 4 is 5.97 Å². The van der Waals surface area contributed by atoms with Gasteiger partial charge in [-0.25, -0.2) is 4.98 Å². The molecule has 0 spiro atoms. The molecule has 0 radical (unpaired) electrons. The lowest BCUT2D eigenvalue weighted by Crippen LogP contribution is -2.57. The van der Waals surface area contributed by atoms with Crippen LogP contribution in [0.1, 0.15) is 31.5 Å². The minimum atomic E-state index is -0.799. The molecule has 0 saturated heterocycles. The van der Waals surface area contributed by atoms with E-state index in [-0.39, 0.29) is 5.92 Å². The molecule has 1 aromatic rings. The molecule has 0 aromatic carbocycles. The summed E-state index contributed by atoms with van der Waals surface area (Å²) >= 11 is 0. The molecule has 5 heteroatoms. The molecule has 2 N–H and O–H groups in total. The Bertz CT molecular complexity index is 463. The van der Waals surface area contributed by atoms with Crippen molar-refractivity contribution in [3.63, 3.8) is 0 Å². The second-order valence-electron chi connectivity index (χ2n) is 5.57. The normalized spacial score (nSPS) is 22.7. The van der Waals surface area contributed by atoms with Crippen LogP contribution < -0.4 is 5.32 Å². The van der Waals surface area contributed by atoms with Gasteiger partial charge < -0.3 is 9.67 Å². The van der Waals surface area contributed by atoms with Gasteiger partial charge in [0.25, 0.3) is 0 Å². The number of hydrogen-bond acceptors (Lipinski definition) is 3. The lowest BCUT2D eigenvalue weighted by atomic mass is 9.92. The summed E-state index contributed by atoms with van der Waals surface area (Å²) in [5.74, 6) is 0.418. The van der Waals surface area contributed by atoms with E-state index in [0.29, 0.717) is 12.6 Å². The van der Waals surface area contributed by atoms with Gasteiger partial charge in [-0.15, -0.1) is 0 Å². The second-order valence-corrected chi connectivity index (χ2v) is 5.57. The number of nitrogens with one attached hydrogen (secondary N) is 1. The molecule has 0 bridgehead atoms. The minimum absolute atomic E-state index is 0.261. The number of hydrogen-bond donors (Lipinski definition) is 2. The third-order valence-electron chi connectivity index (χ3n) is 4.04. The van der Waals surface area contributed by atoms with Gasteiger partial charge in [-0.3, -0.25) is 10.1 Å². The van der Waals surface area contributed by atoms with E-state index in [2.05, 4.69) is 10.3 Å². The average Bonchev–Trinajstić information content (AvgIpc) is 3.21. The summed E-state index contributed by atoms with van der Waals surface area (Å²) < 4.78 is 1.95. The van der Waals surface area contributed by atoms with Crippen LogP contribution in [0.4, 0.5) is 0 Å². The van der Waals surface area contributed by atoms with Crippen LogP contribution in [-0.4, -0.2) is 32.2 Å². The Hall–Kier alpha value is -1.36. The lowest BCUT2D eigenvalue weighted by molar-refractivity contribution is -0.147. The van der Waals surface area contributed by atoms with Crippen LogP contribution in [0.15, 0.2) is 12.4 Å². The van der Waals surface area contributed by atoms with E-state index >= 15 is 0 Å². The topological polar surface area (TPSA) is 67.2 Å². The van der Waals surface area contributed by atoms with Crippen molar-refractivity contribution in [2.75, 3.05) is 0 Å². The molecule has 5 nitrogen and oxygen atoms in total. The highest BCUT2D eigenvalue weighted by atomic mass is 16.4. The van der Waals surface area contributed by atoms with E-state index < -0.39 is 11.5 Å². The Morgan fingerprint density at radius 2 is 2.28 bits per heavy atom. The number of imidazole rings is 1. The molecule has 2 saturated carbocycles. The maximum atomic E-state index is 11.8.